The molecule has 9 nitrogen and oxygen atoms in total. The first kappa shape index (κ1) is 35.8. The van der Waals surface area contributed by atoms with Crippen LogP contribution in [-0.4, -0.2) is 62.4 Å². The summed E-state index contributed by atoms with van der Waals surface area (Å²) in [7, 11) is -4.64. The molecule has 10 heteroatoms. The van der Waals surface area contributed by atoms with Crippen LogP contribution >= 0.6 is 7.82 Å². The van der Waals surface area contributed by atoms with Gasteiger partial charge in [0.1, 0.15) is 0 Å². The van der Waals surface area contributed by atoms with Crippen LogP contribution in [0.15, 0.2) is 12.2 Å². The number of rotatable bonds is 19. The van der Waals surface area contributed by atoms with Gasteiger partial charge in [-0.05, 0) is 32.1 Å². The standard InChI is InChI=1S/C18H34O2.C4H10O3.H3O4P/c1-2-3-4-5-6-7-8-9-10-11-12-13-14-15-16-17-18(19)20;5-1-3-7-4-2-6;1-5(2,3)4/h9-10H,2-8,11-17H2,1H3,(H,19,20);5-6H,1-4H2;(H3,1,2,3,4). The van der Waals surface area contributed by atoms with Crippen LogP contribution in [0.3, 0.4) is 0 Å². The average Bonchev–Trinajstić information content (AvgIpc) is 2.70. The molecule has 0 aliphatic heterocycles. The molecule has 0 heterocycles. The smallest absolute Gasteiger partial charge is 0.466 e. The van der Waals surface area contributed by atoms with Crippen molar-refractivity contribution in [3.63, 3.8) is 0 Å². The van der Waals surface area contributed by atoms with E-state index in [0.29, 0.717) is 19.6 Å². The van der Waals surface area contributed by atoms with Crippen molar-refractivity contribution in [1.82, 2.24) is 0 Å². The van der Waals surface area contributed by atoms with Gasteiger partial charge < -0.3 is 34.7 Å². The van der Waals surface area contributed by atoms with Gasteiger partial charge in [-0.2, -0.15) is 0 Å². The minimum atomic E-state index is -4.64. The summed E-state index contributed by atoms with van der Waals surface area (Å²) in [4.78, 5) is 31.9. The molecule has 32 heavy (non-hydrogen) atoms. The molecule has 6 N–H and O–H groups in total. The number of aliphatic hydroxyl groups is 2. The Morgan fingerprint density at radius 3 is 1.50 bits per heavy atom. The lowest BCUT2D eigenvalue weighted by atomic mass is 10.1. The first-order valence-corrected chi connectivity index (χ1v) is 13.2. The van der Waals surface area contributed by atoms with Crippen molar-refractivity contribution in [3.05, 3.63) is 12.2 Å². The number of carboxylic acid groups (broad SMARTS) is 1. The van der Waals surface area contributed by atoms with Crippen molar-refractivity contribution < 1.29 is 44.1 Å². The number of phosphoric acid groups is 1. The lowest BCUT2D eigenvalue weighted by Gasteiger charge is -1.99. The van der Waals surface area contributed by atoms with Crippen LogP contribution in [0.5, 0.6) is 0 Å². The number of aliphatic hydroxyl groups excluding tert-OH is 2. The van der Waals surface area contributed by atoms with Gasteiger partial charge in [-0.1, -0.05) is 70.4 Å². The van der Waals surface area contributed by atoms with E-state index < -0.39 is 13.8 Å². The zero-order valence-corrected chi connectivity index (χ0v) is 20.6. The molecule has 0 aromatic heterocycles. The number of unbranched alkanes of at least 4 members (excludes halogenated alkanes) is 11. The first-order valence-electron chi connectivity index (χ1n) is 11.6. The molecule has 0 atom stereocenters. The van der Waals surface area contributed by atoms with Gasteiger partial charge in [0.15, 0.2) is 0 Å². The molecule has 0 aliphatic rings. The molecule has 0 aliphatic carbocycles. The molecule has 0 rings (SSSR count). The van der Waals surface area contributed by atoms with E-state index in [4.69, 9.17) is 34.6 Å². The molecule has 0 radical (unpaired) electrons. The maximum atomic E-state index is 10.3. The number of allylic oxidation sites excluding steroid dienone is 2. The predicted octanol–water partition coefficient (Wildman–Crippen LogP) is 4.17. The quantitative estimate of drug-likeness (QED) is 0.0892. The van der Waals surface area contributed by atoms with Crippen LogP contribution in [0.2, 0.25) is 0 Å². The second kappa shape index (κ2) is 30.2. The number of carboxylic acids is 1. The van der Waals surface area contributed by atoms with E-state index >= 15 is 0 Å². The first-order chi connectivity index (χ1) is 15.2. The number of ether oxygens (including phenoxy) is 1. The summed E-state index contributed by atoms with van der Waals surface area (Å²) in [6, 6.07) is 0. The van der Waals surface area contributed by atoms with E-state index in [-0.39, 0.29) is 13.2 Å². The van der Waals surface area contributed by atoms with E-state index in [9.17, 15) is 4.79 Å². The third-order valence-corrected chi connectivity index (χ3v) is 4.12. The van der Waals surface area contributed by atoms with Gasteiger partial charge >= 0.3 is 13.8 Å². The lowest BCUT2D eigenvalue weighted by Crippen LogP contribution is -2.03. The van der Waals surface area contributed by atoms with Crippen molar-refractivity contribution in [1.29, 1.82) is 0 Å². The maximum absolute atomic E-state index is 10.3. The molecule has 0 unspecified atom stereocenters. The van der Waals surface area contributed by atoms with Crippen molar-refractivity contribution in [2.24, 2.45) is 0 Å². The highest BCUT2D eigenvalue weighted by atomic mass is 31.2. The number of aliphatic carboxylic acids is 1. The van der Waals surface area contributed by atoms with Gasteiger partial charge in [0.25, 0.3) is 0 Å². The fourth-order valence-electron chi connectivity index (χ4n) is 2.58. The van der Waals surface area contributed by atoms with Crippen molar-refractivity contribution in [3.8, 4) is 0 Å². The normalized spacial score (nSPS) is 10.9. The third kappa shape index (κ3) is 56.9. The van der Waals surface area contributed by atoms with Gasteiger partial charge in [-0.15, -0.1) is 0 Å². The van der Waals surface area contributed by atoms with E-state index in [1.165, 1.54) is 70.6 Å². The molecule has 0 aromatic rings. The molecule has 0 fully saturated rings. The highest BCUT2D eigenvalue weighted by Crippen LogP contribution is 2.25. The molecule has 0 spiro atoms. The Balaban J connectivity index is -0.000000572. The Labute approximate surface area is 193 Å². The molecule has 0 saturated carbocycles. The van der Waals surface area contributed by atoms with Gasteiger partial charge in [0.2, 0.25) is 0 Å². The minimum absolute atomic E-state index is 0.0278. The molecule has 0 amide bonds. The molecular weight excluding hydrogens is 439 g/mol. The maximum Gasteiger partial charge on any atom is 0.466 e. The largest absolute Gasteiger partial charge is 0.481 e. The average molecular weight is 487 g/mol. The van der Waals surface area contributed by atoms with Crippen LogP contribution in [-0.2, 0) is 14.1 Å². The lowest BCUT2D eigenvalue weighted by molar-refractivity contribution is -0.137. The minimum Gasteiger partial charge on any atom is -0.481 e. The Morgan fingerprint density at radius 2 is 1.12 bits per heavy atom. The van der Waals surface area contributed by atoms with E-state index in [2.05, 4.69) is 23.8 Å². The molecule has 0 aromatic carbocycles. The van der Waals surface area contributed by atoms with E-state index in [1.54, 1.807) is 0 Å². The predicted molar refractivity (Wildman–Crippen MR) is 126 cm³/mol. The fraction of sp³-hybridized carbons (Fsp3) is 0.864. The van der Waals surface area contributed by atoms with Crippen LogP contribution in [0.1, 0.15) is 96.8 Å². The number of hydrogen-bond acceptors (Lipinski definition) is 5. The van der Waals surface area contributed by atoms with Crippen LogP contribution in [0.25, 0.3) is 0 Å². The number of carbonyl (C=O) groups is 1. The third-order valence-electron chi connectivity index (χ3n) is 4.12. The van der Waals surface area contributed by atoms with Gasteiger partial charge in [0.05, 0.1) is 26.4 Å². The molecule has 0 bridgehead atoms. The SMILES string of the molecule is CCCCCCCCC=CCCCCCCCC(=O)O.O=P(O)(O)O.OCCOCCO. The summed E-state index contributed by atoms with van der Waals surface area (Å²) in [5.74, 6) is -0.664. The summed E-state index contributed by atoms with van der Waals surface area (Å²) in [5, 5.41) is 24.7. The topological polar surface area (TPSA) is 165 Å². The molecule has 0 saturated heterocycles. The summed E-state index contributed by atoms with van der Waals surface area (Å²) in [5.41, 5.74) is 0. The molecule has 194 valence electrons. The summed E-state index contributed by atoms with van der Waals surface area (Å²) >= 11 is 0. The summed E-state index contributed by atoms with van der Waals surface area (Å²) in [6.45, 7) is 2.95. The highest BCUT2D eigenvalue weighted by Gasteiger charge is 2.00. The summed E-state index contributed by atoms with van der Waals surface area (Å²) in [6.07, 6.45) is 21.2. The van der Waals surface area contributed by atoms with Gasteiger partial charge in [0, 0.05) is 6.42 Å². The number of hydrogen-bond donors (Lipinski definition) is 6. The summed E-state index contributed by atoms with van der Waals surface area (Å²) < 4.78 is 13.5. The van der Waals surface area contributed by atoms with E-state index in [0.717, 1.165) is 12.8 Å². The Hall–Kier alpha value is -0.800. The second-order valence-corrected chi connectivity index (χ2v) is 8.33. The highest BCUT2D eigenvalue weighted by molar-refractivity contribution is 7.45. The van der Waals surface area contributed by atoms with Gasteiger partial charge in [-0.25, -0.2) is 4.57 Å². The van der Waals surface area contributed by atoms with Crippen LogP contribution < -0.4 is 0 Å². The van der Waals surface area contributed by atoms with Crippen molar-refractivity contribution in [2.45, 2.75) is 96.8 Å². The molecular formula is C22H47O9P. The fourth-order valence-corrected chi connectivity index (χ4v) is 2.58. The Morgan fingerprint density at radius 1 is 0.750 bits per heavy atom. The Bertz CT molecular complexity index is 427. The monoisotopic (exact) mass is 486 g/mol. The van der Waals surface area contributed by atoms with Crippen LogP contribution in [0.4, 0.5) is 0 Å². The van der Waals surface area contributed by atoms with Crippen molar-refractivity contribution >= 4 is 13.8 Å². The zero-order valence-electron chi connectivity index (χ0n) is 19.7. The van der Waals surface area contributed by atoms with E-state index in [1.807, 2.05) is 0 Å². The Kier molecular flexibility index (Phi) is 33.8. The second-order valence-electron chi connectivity index (χ2n) is 7.30. The van der Waals surface area contributed by atoms with Crippen molar-refractivity contribution in [2.75, 3.05) is 26.4 Å². The van der Waals surface area contributed by atoms with Gasteiger partial charge in [-0.3, -0.25) is 4.79 Å². The zero-order chi connectivity index (χ0) is 24.9. The van der Waals surface area contributed by atoms with Crippen LogP contribution in [0, 0.1) is 0 Å².